The molecule has 1 N–H and O–H groups in total. The SMILES string of the molecule is CCOc1ccc(C(=O)NC(C)COC)cc1COc1cccc(OC)c1. The molecule has 0 saturated carbocycles. The predicted molar refractivity (Wildman–Crippen MR) is 104 cm³/mol. The van der Waals surface area contributed by atoms with E-state index >= 15 is 0 Å². The molecule has 1 amide bonds. The van der Waals surface area contributed by atoms with Gasteiger partial charge in [0, 0.05) is 30.3 Å². The Hall–Kier alpha value is -2.73. The van der Waals surface area contributed by atoms with Gasteiger partial charge in [0.1, 0.15) is 23.9 Å². The maximum atomic E-state index is 12.4. The molecule has 6 nitrogen and oxygen atoms in total. The van der Waals surface area contributed by atoms with Crippen molar-refractivity contribution in [1.29, 1.82) is 0 Å². The molecule has 0 saturated heterocycles. The van der Waals surface area contributed by atoms with E-state index in [4.69, 9.17) is 18.9 Å². The summed E-state index contributed by atoms with van der Waals surface area (Å²) in [6.07, 6.45) is 0. The van der Waals surface area contributed by atoms with Crippen LogP contribution in [0.5, 0.6) is 17.2 Å². The molecule has 146 valence electrons. The van der Waals surface area contributed by atoms with E-state index in [1.165, 1.54) is 0 Å². The number of rotatable bonds is 10. The van der Waals surface area contributed by atoms with Gasteiger partial charge >= 0.3 is 0 Å². The molecule has 2 rings (SSSR count). The van der Waals surface area contributed by atoms with Gasteiger partial charge in [-0.05, 0) is 44.2 Å². The van der Waals surface area contributed by atoms with Crippen molar-refractivity contribution in [3.05, 3.63) is 53.6 Å². The van der Waals surface area contributed by atoms with Crippen LogP contribution >= 0.6 is 0 Å². The van der Waals surface area contributed by atoms with Crippen molar-refractivity contribution in [2.45, 2.75) is 26.5 Å². The Bertz CT molecular complexity index is 747. The minimum absolute atomic E-state index is 0.0782. The fourth-order valence-corrected chi connectivity index (χ4v) is 2.58. The second kappa shape index (κ2) is 10.4. The fourth-order valence-electron chi connectivity index (χ4n) is 2.58. The van der Waals surface area contributed by atoms with Gasteiger partial charge in [-0.1, -0.05) is 6.07 Å². The van der Waals surface area contributed by atoms with Crippen LogP contribution in [0, 0.1) is 0 Å². The quantitative estimate of drug-likeness (QED) is 0.691. The van der Waals surface area contributed by atoms with Gasteiger partial charge in [0.15, 0.2) is 0 Å². The number of amides is 1. The molecule has 0 radical (unpaired) electrons. The van der Waals surface area contributed by atoms with Gasteiger partial charge < -0.3 is 24.3 Å². The first-order valence-corrected chi connectivity index (χ1v) is 8.89. The van der Waals surface area contributed by atoms with E-state index < -0.39 is 0 Å². The second-order valence-corrected chi connectivity index (χ2v) is 6.05. The highest BCUT2D eigenvalue weighted by molar-refractivity contribution is 5.94. The molecule has 0 heterocycles. The van der Waals surface area contributed by atoms with E-state index in [1.807, 2.05) is 38.1 Å². The summed E-state index contributed by atoms with van der Waals surface area (Å²) in [5.74, 6) is 1.94. The van der Waals surface area contributed by atoms with Crippen LogP contribution in [0.3, 0.4) is 0 Å². The summed E-state index contributed by atoms with van der Waals surface area (Å²) in [7, 11) is 3.21. The molecular formula is C21H27NO5. The third-order valence-electron chi connectivity index (χ3n) is 3.85. The Kier molecular flexibility index (Phi) is 7.95. The third kappa shape index (κ3) is 6.18. The number of carbonyl (C=O) groups excluding carboxylic acids is 1. The van der Waals surface area contributed by atoms with Crippen molar-refractivity contribution >= 4 is 5.91 Å². The Balaban J connectivity index is 2.15. The largest absolute Gasteiger partial charge is 0.497 e. The summed E-state index contributed by atoms with van der Waals surface area (Å²) in [5, 5.41) is 2.90. The van der Waals surface area contributed by atoms with E-state index in [0.717, 1.165) is 11.3 Å². The van der Waals surface area contributed by atoms with Crippen LogP contribution in [-0.2, 0) is 11.3 Å². The topological polar surface area (TPSA) is 66.0 Å². The number of ether oxygens (including phenoxy) is 4. The highest BCUT2D eigenvalue weighted by atomic mass is 16.5. The average molecular weight is 373 g/mol. The normalized spacial score (nSPS) is 11.6. The lowest BCUT2D eigenvalue weighted by molar-refractivity contribution is 0.0905. The average Bonchev–Trinajstić information content (AvgIpc) is 2.67. The van der Waals surface area contributed by atoms with Gasteiger partial charge in [-0.3, -0.25) is 4.79 Å². The summed E-state index contributed by atoms with van der Waals surface area (Å²) in [6, 6.07) is 12.6. The number of hydrogen-bond acceptors (Lipinski definition) is 5. The Morgan fingerprint density at radius 2 is 1.85 bits per heavy atom. The third-order valence-corrected chi connectivity index (χ3v) is 3.85. The van der Waals surface area contributed by atoms with Crippen molar-refractivity contribution in [2.24, 2.45) is 0 Å². The Labute approximate surface area is 160 Å². The van der Waals surface area contributed by atoms with Crippen molar-refractivity contribution in [2.75, 3.05) is 27.4 Å². The van der Waals surface area contributed by atoms with Gasteiger partial charge in [0.25, 0.3) is 5.91 Å². The summed E-state index contributed by atoms with van der Waals surface area (Å²) >= 11 is 0. The number of benzene rings is 2. The summed E-state index contributed by atoms with van der Waals surface area (Å²) in [6.45, 7) is 5.07. The summed E-state index contributed by atoms with van der Waals surface area (Å²) in [5.41, 5.74) is 1.34. The van der Waals surface area contributed by atoms with Crippen LogP contribution in [0.2, 0.25) is 0 Å². The molecule has 2 aromatic rings. The van der Waals surface area contributed by atoms with Gasteiger partial charge in [-0.15, -0.1) is 0 Å². The van der Waals surface area contributed by atoms with Crippen molar-refractivity contribution < 1.29 is 23.7 Å². The zero-order valence-corrected chi connectivity index (χ0v) is 16.3. The zero-order valence-electron chi connectivity index (χ0n) is 16.3. The molecule has 27 heavy (non-hydrogen) atoms. The van der Waals surface area contributed by atoms with Crippen molar-refractivity contribution in [1.82, 2.24) is 5.32 Å². The summed E-state index contributed by atoms with van der Waals surface area (Å²) in [4.78, 5) is 12.4. The maximum absolute atomic E-state index is 12.4. The van der Waals surface area contributed by atoms with Crippen molar-refractivity contribution in [3.8, 4) is 17.2 Å². The lowest BCUT2D eigenvalue weighted by atomic mass is 10.1. The van der Waals surface area contributed by atoms with E-state index in [1.54, 1.807) is 32.4 Å². The fraction of sp³-hybridized carbons (Fsp3) is 0.381. The van der Waals surface area contributed by atoms with E-state index in [2.05, 4.69) is 5.32 Å². The molecular weight excluding hydrogens is 346 g/mol. The van der Waals surface area contributed by atoms with Crippen LogP contribution < -0.4 is 19.5 Å². The predicted octanol–water partition coefficient (Wildman–Crippen LogP) is 3.44. The Morgan fingerprint density at radius 3 is 2.56 bits per heavy atom. The second-order valence-electron chi connectivity index (χ2n) is 6.05. The van der Waals surface area contributed by atoms with Gasteiger partial charge in [-0.2, -0.15) is 0 Å². The van der Waals surface area contributed by atoms with Crippen LogP contribution in [0.4, 0.5) is 0 Å². The number of carbonyl (C=O) groups is 1. The molecule has 0 aliphatic carbocycles. The zero-order chi connectivity index (χ0) is 19.6. The molecule has 1 atom stereocenters. The molecule has 6 heteroatoms. The van der Waals surface area contributed by atoms with Gasteiger partial charge in [0.05, 0.1) is 20.3 Å². The van der Waals surface area contributed by atoms with Gasteiger partial charge in [-0.25, -0.2) is 0 Å². The molecule has 1 unspecified atom stereocenters. The summed E-state index contributed by atoms with van der Waals surface area (Å²) < 4.78 is 21.8. The van der Waals surface area contributed by atoms with Crippen LogP contribution in [0.25, 0.3) is 0 Å². The number of hydrogen-bond donors (Lipinski definition) is 1. The van der Waals surface area contributed by atoms with E-state index in [9.17, 15) is 4.79 Å². The minimum atomic E-state index is -0.162. The van der Waals surface area contributed by atoms with Crippen molar-refractivity contribution in [3.63, 3.8) is 0 Å². The van der Waals surface area contributed by atoms with Gasteiger partial charge in [0.2, 0.25) is 0 Å². The molecule has 0 fully saturated rings. The van der Waals surface area contributed by atoms with E-state index in [0.29, 0.717) is 30.3 Å². The van der Waals surface area contributed by atoms with Crippen LogP contribution in [-0.4, -0.2) is 39.4 Å². The van der Waals surface area contributed by atoms with E-state index in [-0.39, 0.29) is 18.6 Å². The number of methoxy groups -OCH3 is 2. The maximum Gasteiger partial charge on any atom is 0.251 e. The lowest BCUT2D eigenvalue weighted by Gasteiger charge is -2.15. The molecule has 0 bridgehead atoms. The monoisotopic (exact) mass is 373 g/mol. The standard InChI is InChI=1S/C21H27NO5/c1-5-26-20-10-9-16(21(23)22-15(2)13-24-3)11-17(20)14-27-19-8-6-7-18(12-19)25-4/h6-12,15H,5,13-14H2,1-4H3,(H,22,23). The molecule has 0 spiro atoms. The lowest BCUT2D eigenvalue weighted by Crippen LogP contribution is -2.35. The highest BCUT2D eigenvalue weighted by Gasteiger charge is 2.13. The molecule has 0 aliphatic heterocycles. The molecule has 0 aliphatic rings. The minimum Gasteiger partial charge on any atom is -0.497 e. The van der Waals surface area contributed by atoms with Crippen LogP contribution in [0.15, 0.2) is 42.5 Å². The first-order valence-electron chi connectivity index (χ1n) is 8.89. The first kappa shape index (κ1) is 20.6. The van der Waals surface area contributed by atoms with Crippen LogP contribution in [0.1, 0.15) is 29.8 Å². The Morgan fingerprint density at radius 1 is 1.07 bits per heavy atom. The molecule has 0 aromatic heterocycles. The smallest absolute Gasteiger partial charge is 0.251 e. The first-order chi connectivity index (χ1) is 13.1. The molecule has 2 aromatic carbocycles. The highest BCUT2D eigenvalue weighted by Crippen LogP contribution is 2.24. The number of nitrogens with one attached hydrogen (secondary N) is 1.